The number of piperazine rings is 1. The minimum absolute atomic E-state index is 0.0819. The third-order valence-corrected chi connectivity index (χ3v) is 6.28. The summed E-state index contributed by atoms with van der Waals surface area (Å²) in [6.07, 6.45) is 0. The van der Waals surface area contributed by atoms with Crippen LogP contribution in [0.3, 0.4) is 0 Å². The lowest BCUT2D eigenvalue weighted by atomic mass is 10.2. The highest BCUT2D eigenvalue weighted by Crippen LogP contribution is 2.24. The van der Waals surface area contributed by atoms with Gasteiger partial charge in [0.15, 0.2) is 0 Å². The van der Waals surface area contributed by atoms with Crippen LogP contribution in [0.15, 0.2) is 39.6 Å². The molecular formula is C22H27BrN6O. The van der Waals surface area contributed by atoms with Crippen LogP contribution in [0.25, 0.3) is 11.0 Å². The van der Waals surface area contributed by atoms with Crippen LogP contribution in [0.2, 0.25) is 0 Å². The van der Waals surface area contributed by atoms with E-state index in [4.69, 9.17) is 0 Å². The molecule has 0 bridgehead atoms. The molecule has 3 aromatic rings. The molecule has 1 saturated heterocycles. The second-order valence-electron chi connectivity index (χ2n) is 7.50. The van der Waals surface area contributed by atoms with Crippen LogP contribution in [0.1, 0.15) is 19.5 Å². The summed E-state index contributed by atoms with van der Waals surface area (Å²) in [5.74, 6) is 0.494. The molecule has 2 aromatic heterocycles. The summed E-state index contributed by atoms with van der Waals surface area (Å²) in [5.41, 5.74) is 3.55. The lowest BCUT2D eigenvalue weighted by molar-refractivity contribution is 0.271. The largest absolute Gasteiger partial charge is 0.369 e. The van der Waals surface area contributed by atoms with Gasteiger partial charge in [0.2, 0.25) is 5.95 Å². The minimum atomic E-state index is -0.0819. The van der Waals surface area contributed by atoms with E-state index >= 15 is 0 Å². The fraction of sp³-hybridized carbons (Fsp3) is 0.409. The van der Waals surface area contributed by atoms with Gasteiger partial charge in [-0.3, -0.25) is 9.36 Å². The molecule has 1 aliphatic rings. The highest BCUT2D eigenvalue weighted by Gasteiger charge is 2.16. The predicted octanol–water partition coefficient (Wildman–Crippen LogP) is 3.77. The molecule has 7 nitrogen and oxygen atoms in total. The summed E-state index contributed by atoms with van der Waals surface area (Å²) < 4.78 is 2.19. The van der Waals surface area contributed by atoms with Gasteiger partial charge in [0.1, 0.15) is 5.65 Å². The van der Waals surface area contributed by atoms with Crippen LogP contribution >= 0.6 is 15.9 Å². The van der Waals surface area contributed by atoms with Crippen molar-refractivity contribution < 1.29 is 0 Å². The molecule has 158 valence electrons. The topological polar surface area (TPSA) is 66.3 Å². The van der Waals surface area contributed by atoms with Gasteiger partial charge in [-0.15, -0.1) is 0 Å². The van der Waals surface area contributed by atoms with E-state index in [-0.39, 0.29) is 5.56 Å². The van der Waals surface area contributed by atoms with Crippen molar-refractivity contribution >= 4 is 44.3 Å². The first kappa shape index (κ1) is 20.8. The number of hydrogen-bond acceptors (Lipinski definition) is 6. The number of pyridine rings is 1. The Labute approximate surface area is 184 Å². The second-order valence-corrected chi connectivity index (χ2v) is 8.36. The van der Waals surface area contributed by atoms with E-state index in [0.29, 0.717) is 22.6 Å². The van der Waals surface area contributed by atoms with E-state index < -0.39 is 0 Å². The van der Waals surface area contributed by atoms with Gasteiger partial charge in [-0.05, 0) is 66.7 Å². The van der Waals surface area contributed by atoms with Crippen LogP contribution in [0, 0.1) is 6.92 Å². The van der Waals surface area contributed by atoms with Crippen LogP contribution in [0.5, 0.6) is 0 Å². The molecule has 4 rings (SSSR count). The normalized spacial score (nSPS) is 15.0. The average Bonchev–Trinajstić information content (AvgIpc) is 2.76. The summed E-state index contributed by atoms with van der Waals surface area (Å²) in [6.45, 7) is 12.1. The molecule has 0 radical (unpaired) electrons. The van der Waals surface area contributed by atoms with Crippen molar-refractivity contribution in [3.05, 3.63) is 50.9 Å². The zero-order valence-corrected chi connectivity index (χ0v) is 19.2. The Hall–Kier alpha value is -2.45. The Morgan fingerprint density at radius 2 is 1.73 bits per heavy atom. The molecule has 0 atom stereocenters. The third-order valence-electron chi connectivity index (χ3n) is 5.72. The zero-order valence-electron chi connectivity index (χ0n) is 17.7. The number of anilines is 3. The van der Waals surface area contributed by atoms with Gasteiger partial charge in [-0.1, -0.05) is 6.92 Å². The molecule has 3 heterocycles. The number of hydrogen-bond donors (Lipinski definition) is 1. The standard InChI is InChI=1S/C22H27BrN6O/c1-4-27-10-12-28(13-11-27)17-8-6-16(7-9-17)25-22-24-15(3)18-14-19(23)21(30)29(5-2)20(18)26-22/h6-9,14H,4-5,10-13H2,1-3H3,(H,24,25,26). The summed E-state index contributed by atoms with van der Waals surface area (Å²) >= 11 is 3.35. The Bertz CT molecular complexity index is 1100. The van der Waals surface area contributed by atoms with E-state index in [1.807, 2.05) is 13.8 Å². The number of likely N-dealkylation sites (N-methyl/N-ethyl adjacent to an activating group) is 1. The number of halogens is 1. The van der Waals surface area contributed by atoms with Gasteiger partial charge < -0.3 is 15.1 Å². The summed E-state index contributed by atoms with van der Waals surface area (Å²) in [5, 5.41) is 4.16. The van der Waals surface area contributed by atoms with Crippen molar-refractivity contribution in [2.75, 3.05) is 42.9 Å². The second kappa shape index (κ2) is 8.73. The first-order chi connectivity index (χ1) is 14.5. The Morgan fingerprint density at radius 1 is 1.03 bits per heavy atom. The van der Waals surface area contributed by atoms with Crippen molar-refractivity contribution in [3.63, 3.8) is 0 Å². The lowest BCUT2D eigenvalue weighted by Crippen LogP contribution is -2.46. The lowest BCUT2D eigenvalue weighted by Gasteiger charge is -2.35. The number of nitrogens with one attached hydrogen (secondary N) is 1. The number of aryl methyl sites for hydroxylation is 2. The maximum atomic E-state index is 12.4. The van der Waals surface area contributed by atoms with Crippen molar-refractivity contribution in [2.24, 2.45) is 0 Å². The van der Waals surface area contributed by atoms with E-state index in [1.165, 1.54) is 5.69 Å². The first-order valence-corrected chi connectivity index (χ1v) is 11.2. The fourth-order valence-corrected chi connectivity index (χ4v) is 4.35. The van der Waals surface area contributed by atoms with E-state index in [2.05, 4.69) is 72.2 Å². The molecule has 0 unspecified atom stereocenters. The molecule has 0 amide bonds. The molecule has 0 spiro atoms. The maximum Gasteiger partial charge on any atom is 0.266 e. The van der Waals surface area contributed by atoms with Gasteiger partial charge in [0.05, 0.1) is 10.2 Å². The number of benzene rings is 1. The van der Waals surface area contributed by atoms with Crippen molar-refractivity contribution in [3.8, 4) is 0 Å². The quantitative estimate of drug-likeness (QED) is 0.611. The van der Waals surface area contributed by atoms with Crippen LogP contribution in [-0.2, 0) is 6.54 Å². The average molecular weight is 471 g/mol. The SMILES string of the molecule is CCN1CCN(c2ccc(Nc3nc(C)c4cc(Br)c(=O)n(CC)c4n3)cc2)CC1. The van der Waals surface area contributed by atoms with Crippen molar-refractivity contribution in [1.82, 2.24) is 19.4 Å². The molecule has 1 aromatic carbocycles. The van der Waals surface area contributed by atoms with E-state index in [1.54, 1.807) is 10.6 Å². The van der Waals surface area contributed by atoms with Gasteiger partial charge in [0, 0.05) is 49.5 Å². The Balaban J connectivity index is 1.57. The molecule has 0 aliphatic carbocycles. The number of nitrogens with zero attached hydrogens (tertiary/aromatic N) is 5. The maximum absolute atomic E-state index is 12.4. The van der Waals surface area contributed by atoms with E-state index in [9.17, 15) is 4.79 Å². The molecule has 0 saturated carbocycles. The molecule has 1 fully saturated rings. The van der Waals surface area contributed by atoms with Gasteiger partial charge in [-0.25, -0.2) is 4.98 Å². The van der Waals surface area contributed by atoms with Crippen LogP contribution in [0.4, 0.5) is 17.3 Å². The highest BCUT2D eigenvalue weighted by atomic mass is 79.9. The number of rotatable bonds is 5. The molecule has 30 heavy (non-hydrogen) atoms. The molecule has 1 aliphatic heterocycles. The number of aromatic nitrogens is 3. The first-order valence-electron chi connectivity index (χ1n) is 10.4. The fourth-order valence-electron chi connectivity index (χ4n) is 3.91. The summed E-state index contributed by atoms with van der Waals surface area (Å²) in [6, 6.07) is 10.2. The Kier molecular flexibility index (Phi) is 6.06. The van der Waals surface area contributed by atoms with Crippen LogP contribution in [-0.4, -0.2) is 52.2 Å². The smallest absolute Gasteiger partial charge is 0.266 e. The Morgan fingerprint density at radius 3 is 2.37 bits per heavy atom. The molecule has 1 N–H and O–H groups in total. The zero-order chi connectivity index (χ0) is 21.3. The minimum Gasteiger partial charge on any atom is -0.369 e. The van der Waals surface area contributed by atoms with Crippen molar-refractivity contribution in [2.45, 2.75) is 27.3 Å². The van der Waals surface area contributed by atoms with Crippen molar-refractivity contribution in [1.29, 1.82) is 0 Å². The monoisotopic (exact) mass is 470 g/mol. The number of fused-ring (bicyclic) bond motifs is 1. The third kappa shape index (κ3) is 4.06. The van der Waals surface area contributed by atoms with Gasteiger partial charge >= 0.3 is 0 Å². The van der Waals surface area contributed by atoms with Gasteiger partial charge in [-0.2, -0.15) is 4.98 Å². The highest BCUT2D eigenvalue weighted by molar-refractivity contribution is 9.10. The van der Waals surface area contributed by atoms with E-state index in [0.717, 1.165) is 49.5 Å². The van der Waals surface area contributed by atoms with Crippen LogP contribution < -0.4 is 15.8 Å². The summed E-state index contributed by atoms with van der Waals surface area (Å²) in [4.78, 5) is 26.6. The summed E-state index contributed by atoms with van der Waals surface area (Å²) in [7, 11) is 0. The van der Waals surface area contributed by atoms with Gasteiger partial charge in [0.25, 0.3) is 5.56 Å². The molecular weight excluding hydrogens is 444 g/mol. The molecule has 8 heteroatoms. The predicted molar refractivity (Wildman–Crippen MR) is 126 cm³/mol.